The van der Waals surface area contributed by atoms with Gasteiger partial charge in [0.2, 0.25) is 0 Å². The molecule has 5 nitrogen and oxygen atoms in total. The predicted molar refractivity (Wildman–Crippen MR) is 164 cm³/mol. The van der Waals surface area contributed by atoms with Gasteiger partial charge < -0.3 is 14.8 Å². The molecule has 0 radical (unpaired) electrons. The molecule has 0 atom stereocenters. The highest BCUT2D eigenvalue weighted by molar-refractivity contribution is 9.10. The van der Waals surface area contributed by atoms with Gasteiger partial charge in [0, 0.05) is 42.4 Å². The number of fused-ring (bicyclic) bond motifs is 1. The largest absolute Gasteiger partial charge is 0.493 e. The smallest absolute Gasteiger partial charge is 0.259 e. The highest BCUT2D eigenvalue weighted by Gasteiger charge is 2.25. The van der Waals surface area contributed by atoms with Gasteiger partial charge in [-0.15, -0.1) is 11.3 Å². The molecule has 0 unspecified atom stereocenters. The van der Waals surface area contributed by atoms with Gasteiger partial charge in [0.15, 0.2) is 11.5 Å². The van der Waals surface area contributed by atoms with E-state index in [1.165, 1.54) is 4.88 Å². The molecule has 39 heavy (non-hydrogen) atoms. The summed E-state index contributed by atoms with van der Waals surface area (Å²) in [6.07, 6.45) is 5.82. The zero-order chi connectivity index (χ0) is 27.4. The Labute approximate surface area is 249 Å². The van der Waals surface area contributed by atoms with Gasteiger partial charge in [0.25, 0.3) is 5.91 Å². The number of carbonyl (C=O) groups is 1. The Balaban J connectivity index is 1.41. The fourth-order valence-corrected chi connectivity index (χ4v) is 6.55. The van der Waals surface area contributed by atoms with E-state index in [2.05, 4.69) is 21.2 Å². The summed E-state index contributed by atoms with van der Waals surface area (Å²) in [5.41, 5.74) is 4.15. The van der Waals surface area contributed by atoms with Crippen LogP contribution < -0.4 is 14.8 Å². The van der Waals surface area contributed by atoms with Crippen LogP contribution >= 0.6 is 50.5 Å². The first kappa shape index (κ1) is 27.7. The molecule has 1 aliphatic carbocycles. The summed E-state index contributed by atoms with van der Waals surface area (Å²) in [5.74, 6) is 0.980. The van der Waals surface area contributed by atoms with Gasteiger partial charge in [-0.05, 0) is 83.6 Å². The standard InChI is InChI=1S/C30H25BrCl2N2O3S/c1-37-25-13-19(23(31)15-26(25)38-17-18-11-12-20(32)14-24(18)33)16-34-30-28(22-9-5-6-10-27(22)39-30)29(36)35-21-7-3-2-4-8-21/h2-4,7-8,11-16H,5-6,9-10,17H2,1H3,(H,35,36). The van der Waals surface area contributed by atoms with Gasteiger partial charge >= 0.3 is 0 Å². The Morgan fingerprint density at radius 2 is 1.87 bits per heavy atom. The third kappa shape index (κ3) is 6.49. The van der Waals surface area contributed by atoms with Gasteiger partial charge in [-0.2, -0.15) is 0 Å². The molecular formula is C30H25BrCl2N2O3S. The van der Waals surface area contributed by atoms with E-state index in [-0.39, 0.29) is 12.5 Å². The summed E-state index contributed by atoms with van der Waals surface area (Å²) in [6, 6.07) is 18.5. The van der Waals surface area contributed by atoms with Gasteiger partial charge in [0.1, 0.15) is 11.6 Å². The Morgan fingerprint density at radius 3 is 2.64 bits per heavy atom. The van der Waals surface area contributed by atoms with Gasteiger partial charge in [-0.1, -0.05) is 47.5 Å². The number of nitrogens with zero attached hydrogens (tertiary/aromatic N) is 1. The normalized spacial score (nSPS) is 12.8. The van der Waals surface area contributed by atoms with Crippen LogP contribution in [0.25, 0.3) is 0 Å². The lowest BCUT2D eigenvalue weighted by Crippen LogP contribution is -2.14. The average molecular weight is 644 g/mol. The summed E-state index contributed by atoms with van der Waals surface area (Å²) < 4.78 is 12.4. The van der Waals surface area contributed by atoms with Crippen LogP contribution in [-0.4, -0.2) is 19.2 Å². The molecular weight excluding hydrogens is 619 g/mol. The third-order valence-corrected chi connectivity index (χ3v) is 8.89. The molecule has 9 heteroatoms. The highest BCUT2D eigenvalue weighted by atomic mass is 79.9. The number of aryl methyl sites for hydroxylation is 1. The maximum Gasteiger partial charge on any atom is 0.259 e. The van der Waals surface area contributed by atoms with Crippen LogP contribution in [0.3, 0.4) is 0 Å². The average Bonchev–Trinajstić information content (AvgIpc) is 3.31. The highest BCUT2D eigenvalue weighted by Crippen LogP contribution is 2.41. The molecule has 0 aliphatic heterocycles. The number of para-hydroxylation sites is 1. The van der Waals surface area contributed by atoms with Crippen molar-refractivity contribution in [1.82, 2.24) is 0 Å². The fourth-order valence-electron chi connectivity index (χ4n) is 4.44. The molecule has 1 aliphatic rings. The maximum atomic E-state index is 13.4. The van der Waals surface area contributed by atoms with Crippen LogP contribution in [0.1, 0.15) is 44.8 Å². The summed E-state index contributed by atoms with van der Waals surface area (Å²) in [7, 11) is 1.59. The Bertz CT molecular complexity index is 1540. The van der Waals surface area contributed by atoms with Crippen LogP contribution in [0.4, 0.5) is 10.7 Å². The van der Waals surface area contributed by atoms with Crippen molar-refractivity contribution in [1.29, 1.82) is 0 Å². The van der Waals surface area contributed by atoms with E-state index in [0.717, 1.165) is 52.5 Å². The van der Waals surface area contributed by atoms with E-state index in [9.17, 15) is 4.79 Å². The van der Waals surface area contributed by atoms with E-state index in [4.69, 9.17) is 37.7 Å². The zero-order valence-corrected chi connectivity index (χ0v) is 25.0. The molecule has 0 spiro atoms. The summed E-state index contributed by atoms with van der Waals surface area (Å²) in [6.45, 7) is 0.257. The van der Waals surface area contributed by atoms with E-state index >= 15 is 0 Å². The maximum absolute atomic E-state index is 13.4. The third-order valence-electron chi connectivity index (χ3n) is 6.41. The Morgan fingerprint density at radius 1 is 1.08 bits per heavy atom. The number of methoxy groups -OCH3 is 1. The van der Waals surface area contributed by atoms with Crippen LogP contribution in [0.15, 0.2) is 70.1 Å². The lowest BCUT2D eigenvalue weighted by Gasteiger charge is -2.13. The number of aliphatic imine (C=N–C) groups is 1. The number of anilines is 1. The van der Waals surface area contributed by atoms with Crippen molar-refractivity contribution in [3.8, 4) is 11.5 Å². The van der Waals surface area contributed by atoms with Crippen molar-refractivity contribution >= 4 is 73.3 Å². The lowest BCUT2D eigenvalue weighted by atomic mass is 9.95. The second-order valence-corrected chi connectivity index (χ2v) is 11.8. The molecule has 1 heterocycles. The quantitative estimate of drug-likeness (QED) is 0.195. The Kier molecular flexibility index (Phi) is 8.92. The number of halogens is 3. The number of carbonyl (C=O) groups excluding carboxylic acids is 1. The number of hydrogen-bond acceptors (Lipinski definition) is 5. The molecule has 200 valence electrons. The number of amides is 1. The molecule has 0 saturated carbocycles. The first-order chi connectivity index (χ1) is 18.9. The van der Waals surface area contributed by atoms with Crippen LogP contribution in [0.2, 0.25) is 10.0 Å². The van der Waals surface area contributed by atoms with E-state index in [0.29, 0.717) is 32.1 Å². The van der Waals surface area contributed by atoms with Gasteiger partial charge in [-0.25, -0.2) is 4.99 Å². The number of thiophene rings is 1. The molecule has 0 saturated heterocycles. The second kappa shape index (κ2) is 12.6. The summed E-state index contributed by atoms with van der Waals surface area (Å²) in [5, 5.41) is 4.85. The summed E-state index contributed by atoms with van der Waals surface area (Å²) in [4.78, 5) is 19.4. The van der Waals surface area contributed by atoms with E-state index in [1.54, 1.807) is 36.8 Å². The van der Waals surface area contributed by atoms with E-state index < -0.39 is 0 Å². The molecule has 1 amide bonds. The minimum atomic E-state index is -0.131. The fraction of sp³-hybridized carbons (Fsp3) is 0.200. The number of benzene rings is 3. The lowest BCUT2D eigenvalue weighted by molar-refractivity contribution is 0.102. The van der Waals surface area contributed by atoms with Crippen molar-refractivity contribution in [2.24, 2.45) is 4.99 Å². The van der Waals surface area contributed by atoms with Gasteiger partial charge in [0.05, 0.1) is 12.7 Å². The number of hydrogen-bond donors (Lipinski definition) is 1. The minimum Gasteiger partial charge on any atom is -0.493 e. The van der Waals surface area contributed by atoms with Crippen LogP contribution in [-0.2, 0) is 19.4 Å². The van der Waals surface area contributed by atoms with Crippen molar-refractivity contribution in [2.45, 2.75) is 32.3 Å². The molecule has 0 bridgehead atoms. The van der Waals surface area contributed by atoms with Gasteiger partial charge in [-0.3, -0.25) is 4.79 Å². The minimum absolute atomic E-state index is 0.131. The van der Waals surface area contributed by atoms with Crippen molar-refractivity contribution < 1.29 is 14.3 Å². The SMILES string of the molecule is COc1cc(C=Nc2sc3c(c2C(=O)Nc2ccccc2)CCCC3)c(Br)cc1OCc1ccc(Cl)cc1Cl. The van der Waals surface area contributed by atoms with Crippen molar-refractivity contribution in [3.05, 3.63) is 102 Å². The monoisotopic (exact) mass is 642 g/mol. The molecule has 1 N–H and O–H groups in total. The number of nitrogens with one attached hydrogen (secondary N) is 1. The Hall–Kier alpha value is -2.84. The zero-order valence-electron chi connectivity index (χ0n) is 21.1. The van der Waals surface area contributed by atoms with Crippen LogP contribution in [0.5, 0.6) is 11.5 Å². The summed E-state index contributed by atoms with van der Waals surface area (Å²) >= 11 is 17.5. The molecule has 5 rings (SSSR count). The van der Waals surface area contributed by atoms with Crippen molar-refractivity contribution in [2.75, 3.05) is 12.4 Å². The number of rotatable bonds is 8. The molecule has 1 aromatic heterocycles. The molecule has 0 fully saturated rings. The van der Waals surface area contributed by atoms with E-state index in [1.807, 2.05) is 48.5 Å². The number of ether oxygens (including phenoxy) is 2. The van der Waals surface area contributed by atoms with Crippen LogP contribution in [0, 0.1) is 0 Å². The molecule has 4 aromatic rings. The predicted octanol–water partition coefficient (Wildman–Crippen LogP) is 9.29. The second-order valence-electron chi connectivity index (χ2n) is 9.02. The van der Waals surface area contributed by atoms with Crippen molar-refractivity contribution in [3.63, 3.8) is 0 Å². The topological polar surface area (TPSA) is 59.9 Å². The molecule has 3 aromatic carbocycles. The first-order valence-corrected chi connectivity index (χ1v) is 14.8. The first-order valence-electron chi connectivity index (χ1n) is 12.4.